The van der Waals surface area contributed by atoms with E-state index < -0.39 is 94.5 Å². The SMILES string of the molecule is CC(C)(C)OC(=O)CCCCCCCCCCCCCCCCC(=O)N[C@@H](CCC(=O)N[C@@H](CCC(=O)N[C@@H](CCCNC(=O)OC(C)(C)C)C(=O)NCCOCCOCC(=O)OC(c1ccccc1)(c1ccc(C2CCCCCCCCC2)cc1)c1ccccc1Cl)C(=O)OC(C)(C)C)C(=O)OC(C)(C)C. The molecule has 107 heavy (non-hydrogen) atoms. The molecule has 5 amide bonds. The predicted octanol–water partition coefficient (Wildman–Crippen LogP) is 16.5. The van der Waals surface area contributed by atoms with Gasteiger partial charge in [-0.3, -0.25) is 24.0 Å². The van der Waals surface area contributed by atoms with Gasteiger partial charge in [-0.05, 0) is 152 Å². The average molecular weight is 1520 g/mol. The number of carbonyl (C=O) groups excluding carboxylic acids is 9. The van der Waals surface area contributed by atoms with E-state index in [1.165, 1.54) is 89.0 Å². The van der Waals surface area contributed by atoms with Gasteiger partial charge in [0.25, 0.3) is 0 Å². The molecule has 3 aromatic carbocycles. The molecule has 22 heteroatoms. The number of hydrogen-bond acceptors (Lipinski definition) is 16. The van der Waals surface area contributed by atoms with Gasteiger partial charge < -0.3 is 59.7 Å². The van der Waals surface area contributed by atoms with E-state index in [1.54, 1.807) is 68.4 Å². The number of halogens is 1. The number of hydrogen-bond donors (Lipinski definition) is 5. The van der Waals surface area contributed by atoms with Crippen LogP contribution in [0.4, 0.5) is 4.79 Å². The lowest BCUT2D eigenvalue weighted by molar-refractivity contribution is -0.160. The van der Waals surface area contributed by atoms with E-state index in [1.807, 2.05) is 69.3 Å². The van der Waals surface area contributed by atoms with Gasteiger partial charge >= 0.3 is 30.0 Å². The van der Waals surface area contributed by atoms with Crippen LogP contribution in [0.25, 0.3) is 0 Å². The van der Waals surface area contributed by atoms with Crippen LogP contribution in [-0.4, -0.2) is 134 Å². The molecule has 0 heterocycles. The fourth-order valence-corrected chi connectivity index (χ4v) is 13.2. The van der Waals surface area contributed by atoms with E-state index in [0.29, 0.717) is 34.9 Å². The van der Waals surface area contributed by atoms with Gasteiger partial charge in [-0.25, -0.2) is 19.2 Å². The normalized spacial score (nSPS) is 14.7. The summed E-state index contributed by atoms with van der Waals surface area (Å²) in [5, 5.41) is 14.1. The molecule has 1 unspecified atom stereocenters. The maximum atomic E-state index is 14.1. The van der Waals surface area contributed by atoms with Crippen molar-refractivity contribution in [3.8, 4) is 0 Å². The summed E-state index contributed by atoms with van der Waals surface area (Å²) in [6.07, 6.45) is 25.3. The summed E-state index contributed by atoms with van der Waals surface area (Å²) >= 11 is 7.00. The Morgan fingerprint density at radius 2 is 0.841 bits per heavy atom. The van der Waals surface area contributed by atoms with E-state index in [9.17, 15) is 43.2 Å². The van der Waals surface area contributed by atoms with Crippen molar-refractivity contribution in [3.63, 3.8) is 0 Å². The van der Waals surface area contributed by atoms with Crippen LogP contribution in [0, 0.1) is 0 Å². The number of ether oxygens (including phenoxy) is 7. The molecule has 4 atom stereocenters. The Kier molecular flexibility index (Phi) is 42.4. The first-order valence-corrected chi connectivity index (χ1v) is 40.2. The number of benzene rings is 3. The van der Waals surface area contributed by atoms with Crippen molar-refractivity contribution in [2.24, 2.45) is 0 Å². The molecule has 1 aliphatic carbocycles. The first-order chi connectivity index (χ1) is 50.7. The summed E-state index contributed by atoms with van der Waals surface area (Å²) in [4.78, 5) is 120. The molecule has 0 saturated heterocycles. The highest BCUT2D eigenvalue weighted by Crippen LogP contribution is 2.44. The van der Waals surface area contributed by atoms with Crippen LogP contribution in [0.15, 0.2) is 78.9 Å². The molecule has 0 spiro atoms. The Bertz CT molecular complexity index is 3130. The Balaban J connectivity index is 1.29. The van der Waals surface area contributed by atoms with Crippen LogP contribution in [0.3, 0.4) is 0 Å². The van der Waals surface area contributed by atoms with Gasteiger partial charge in [0.15, 0.2) is 5.60 Å². The number of esters is 4. The highest BCUT2D eigenvalue weighted by molar-refractivity contribution is 6.31. The van der Waals surface area contributed by atoms with Gasteiger partial charge in [-0.2, -0.15) is 0 Å². The third-order valence-electron chi connectivity index (χ3n) is 18.0. The lowest BCUT2D eigenvalue weighted by Crippen LogP contribution is -2.49. The zero-order chi connectivity index (χ0) is 78.7. The maximum absolute atomic E-state index is 14.1. The van der Waals surface area contributed by atoms with Crippen molar-refractivity contribution in [1.82, 2.24) is 26.6 Å². The van der Waals surface area contributed by atoms with Gasteiger partial charge in [0, 0.05) is 60.5 Å². The highest BCUT2D eigenvalue weighted by atomic mass is 35.5. The average Bonchev–Trinajstić information content (AvgIpc) is 0.745. The van der Waals surface area contributed by atoms with E-state index in [0.717, 1.165) is 63.4 Å². The molecule has 21 nitrogen and oxygen atoms in total. The molecular formula is C85H132ClN5O16. The van der Waals surface area contributed by atoms with Crippen LogP contribution in [-0.2, 0) is 77.1 Å². The molecule has 3 aromatic rings. The number of carbonyl (C=O) groups is 9. The van der Waals surface area contributed by atoms with Crippen molar-refractivity contribution < 1.29 is 76.3 Å². The first-order valence-electron chi connectivity index (χ1n) is 39.8. The van der Waals surface area contributed by atoms with Crippen molar-refractivity contribution in [2.45, 2.75) is 334 Å². The second kappa shape index (κ2) is 49.1. The van der Waals surface area contributed by atoms with E-state index >= 15 is 0 Å². The van der Waals surface area contributed by atoms with Crippen LogP contribution in [0.1, 0.15) is 310 Å². The fourth-order valence-electron chi connectivity index (χ4n) is 12.9. The number of unbranched alkanes of at least 4 members (excludes halogenated alkanes) is 13. The third kappa shape index (κ3) is 40.2. The topological polar surface area (TPSA) is 278 Å². The molecule has 4 rings (SSSR count). The molecule has 600 valence electrons. The van der Waals surface area contributed by atoms with Gasteiger partial charge in [0.1, 0.15) is 47.1 Å². The lowest BCUT2D eigenvalue weighted by Gasteiger charge is -2.36. The molecule has 0 bridgehead atoms. The van der Waals surface area contributed by atoms with E-state index in [2.05, 4.69) is 50.8 Å². The molecule has 1 saturated carbocycles. The summed E-state index contributed by atoms with van der Waals surface area (Å²) < 4.78 is 40.3. The van der Waals surface area contributed by atoms with Gasteiger partial charge in [-0.15, -0.1) is 0 Å². The summed E-state index contributed by atoms with van der Waals surface area (Å²) in [6, 6.07) is 21.8. The molecule has 0 aromatic heterocycles. The van der Waals surface area contributed by atoms with Crippen molar-refractivity contribution in [1.29, 1.82) is 0 Å². The van der Waals surface area contributed by atoms with Crippen LogP contribution < -0.4 is 26.6 Å². The second-order valence-corrected chi connectivity index (χ2v) is 32.8. The standard InChI is InChI=1S/C85H132ClN5O16/c1-81(2,3)103-75(95)48-36-29-25-20-18-16-14-13-15-17-19-24-28-35-47-72(92)90-70(78(98)105-82(4,5)6)54-56-74(94)91-71(79(99)106-83(7,8)9)53-55-73(93)89-69(46-39-57-88-80(100)107-84(10,11)12)77(97)87-58-59-101-60-61-102-62-76(96)104-85(65-42-33-30-34-43-65,67-44-37-38-45-68(67)86)66-51-49-64(50-52-66)63-40-31-26-22-21-23-27-32-41-63/h30,33-34,37-38,42-45,49-52,63,69-71H,13-29,31-32,35-36,39-41,46-48,53-62H2,1-12H3,(H,87,97)(H,88,100)(H,89,93)(H,90,92)(H,91,94)/t69-,70-,71-,85?/m0/s1. The molecule has 0 radical (unpaired) electrons. The Morgan fingerprint density at radius 3 is 1.35 bits per heavy atom. The second-order valence-electron chi connectivity index (χ2n) is 32.4. The zero-order valence-electron chi connectivity index (χ0n) is 66.9. The zero-order valence-corrected chi connectivity index (χ0v) is 67.6. The smallest absolute Gasteiger partial charge is 0.407 e. The minimum atomic E-state index is -1.42. The number of alkyl carbamates (subject to hydrolysis) is 1. The molecule has 5 N–H and O–H groups in total. The van der Waals surface area contributed by atoms with Gasteiger partial charge in [-0.1, -0.05) is 206 Å². The van der Waals surface area contributed by atoms with Crippen molar-refractivity contribution in [3.05, 3.63) is 106 Å². The third-order valence-corrected chi connectivity index (χ3v) is 18.4. The Hall–Kier alpha value is -7.10. The van der Waals surface area contributed by atoms with E-state index in [-0.39, 0.29) is 89.7 Å². The molecule has 1 aliphatic rings. The minimum absolute atomic E-state index is 0.0102. The summed E-state index contributed by atoms with van der Waals surface area (Å²) in [5.74, 6) is -3.99. The van der Waals surface area contributed by atoms with Crippen molar-refractivity contribution in [2.75, 3.05) is 39.5 Å². The lowest BCUT2D eigenvalue weighted by atomic mass is 9.78. The summed E-state index contributed by atoms with van der Waals surface area (Å²) in [5.41, 5.74) is -1.14. The summed E-state index contributed by atoms with van der Waals surface area (Å²) in [6.45, 7) is 20.8. The highest BCUT2D eigenvalue weighted by Gasteiger charge is 2.43. The van der Waals surface area contributed by atoms with Gasteiger partial charge in [0.05, 0.1) is 19.8 Å². The number of nitrogens with one attached hydrogen (secondary N) is 5. The monoisotopic (exact) mass is 1510 g/mol. The van der Waals surface area contributed by atoms with E-state index in [4.69, 9.17) is 44.8 Å². The van der Waals surface area contributed by atoms with Crippen LogP contribution in [0.5, 0.6) is 0 Å². The maximum Gasteiger partial charge on any atom is 0.407 e. The quantitative estimate of drug-likeness (QED) is 0.0152. The van der Waals surface area contributed by atoms with Crippen molar-refractivity contribution >= 4 is 65.2 Å². The molecule has 0 aliphatic heterocycles. The number of amides is 5. The molecule has 1 fully saturated rings. The Morgan fingerprint density at radius 1 is 0.402 bits per heavy atom. The predicted molar refractivity (Wildman–Crippen MR) is 418 cm³/mol. The fraction of sp³-hybridized carbons (Fsp3) is 0.682. The van der Waals surface area contributed by atoms with Crippen LogP contribution >= 0.6 is 11.6 Å². The van der Waals surface area contributed by atoms with Crippen LogP contribution in [0.2, 0.25) is 5.02 Å². The largest absolute Gasteiger partial charge is 0.460 e. The summed E-state index contributed by atoms with van der Waals surface area (Å²) in [7, 11) is 0. The number of rotatable bonds is 46. The van der Waals surface area contributed by atoms with Gasteiger partial charge in [0.2, 0.25) is 23.6 Å². The Labute approximate surface area is 644 Å². The first kappa shape index (κ1) is 92.3. The minimum Gasteiger partial charge on any atom is -0.460 e. The molecular weight excluding hydrogens is 1380 g/mol.